The molecule has 2 aliphatic heterocycles. The van der Waals surface area contributed by atoms with E-state index >= 15 is 0 Å². The van der Waals surface area contributed by atoms with Gasteiger partial charge in [0.2, 0.25) is 0 Å². The summed E-state index contributed by atoms with van der Waals surface area (Å²) in [5.74, 6) is -0.206. The summed E-state index contributed by atoms with van der Waals surface area (Å²) in [5, 5.41) is 9.57. The Hall–Kier alpha value is -1.26. The van der Waals surface area contributed by atoms with Crippen LogP contribution in [0.2, 0.25) is 18.1 Å². The molecule has 2 fully saturated rings. The van der Waals surface area contributed by atoms with Crippen molar-refractivity contribution in [2.24, 2.45) is 11.8 Å². The summed E-state index contributed by atoms with van der Waals surface area (Å²) in [6.07, 6.45) is 9.47. The largest absolute Gasteiger partial charge is 0.481 e. The number of carbonyl (C=O) groups excluding carboxylic acids is 1. The van der Waals surface area contributed by atoms with Gasteiger partial charge in [-0.25, -0.2) is 0 Å². The Morgan fingerprint density at radius 3 is 2.26 bits per heavy atom. The predicted molar refractivity (Wildman–Crippen MR) is 168 cm³/mol. The molecule has 1 N–H and O–H groups in total. The molecule has 0 aromatic carbocycles. The van der Waals surface area contributed by atoms with Gasteiger partial charge in [0.15, 0.2) is 8.32 Å². The van der Waals surface area contributed by atoms with Crippen LogP contribution in [-0.2, 0) is 33.0 Å². The lowest BCUT2D eigenvalue weighted by Crippen LogP contribution is -2.48. The number of carboxylic acids is 1. The van der Waals surface area contributed by atoms with Crippen molar-refractivity contribution in [2.75, 3.05) is 7.11 Å². The highest BCUT2D eigenvalue weighted by Crippen LogP contribution is 2.40. The van der Waals surface area contributed by atoms with Crippen molar-refractivity contribution in [1.82, 2.24) is 0 Å². The monoisotopic (exact) mass is 612 g/mol. The van der Waals surface area contributed by atoms with Crippen LogP contribution < -0.4 is 0 Å². The minimum Gasteiger partial charge on any atom is -0.481 e. The van der Waals surface area contributed by atoms with Crippen LogP contribution in [0.5, 0.6) is 0 Å². The molecule has 2 saturated heterocycles. The summed E-state index contributed by atoms with van der Waals surface area (Å²) < 4.78 is 31.3. The number of esters is 1. The van der Waals surface area contributed by atoms with Crippen LogP contribution in [-0.4, -0.2) is 75.2 Å². The number of hydrogen-bond donors (Lipinski definition) is 1. The van der Waals surface area contributed by atoms with Crippen LogP contribution in [0.1, 0.15) is 106 Å². The lowest BCUT2D eigenvalue weighted by atomic mass is 9.87. The topological polar surface area (TPSA) is 101 Å². The smallest absolute Gasteiger partial charge is 0.305 e. The second kappa shape index (κ2) is 16.7. The van der Waals surface area contributed by atoms with Crippen molar-refractivity contribution in [2.45, 2.75) is 167 Å². The third kappa shape index (κ3) is 12.8. The van der Waals surface area contributed by atoms with Gasteiger partial charge < -0.3 is 28.5 Å². The number of methoxy groups -OCH3 is 1. The van der Waals surface area contributed by atoms with Crippen LogP contribution in [0.25, 0.3) is 0 Å². The third-order valence-corrected chi connectivity index (χ3v) is 13.7. The van der Waals surface area contributed by atoms with Gasteiger partial charge in [0.25, 0.3) is 0 Å². The summed E-state index contributed by atoms with van der Waals surface area (Å²) in [6.45, 7) is 19.2. The second-order valence-electron chi connectivity index (χ2n) is 14.6. The summed E-state index contributed by atoms with van der Waals surface area (Å²) in [7, 11) is -0.291. The molecular weight excluding hydrogens is 552 g/mol. The molecule has 0 bridgehead atoms. The van der Waals surface area contributed by atoms with Crippen molar-refractivity contribution in [3.8, 4) is 0 Å². The Morgan fingerprint density at radius 2 is 1.69 bits per heavy atom. The zero-order valence-corrected chi connectivity index (χ0v) is 29.0. The fourth-order valence-corrected chi connectivity index (χ4v) is 7.14. The highest BCUT2D eigenvalue weighted by atomic mass is 28.4. The maximum Gasteiger partial charge on any atom is 0.305 e. The molecule has 2 aliphatic rings. The second-order valence-corrected chi connectivity index (χ2v) is 19.3. The molecule has 0 amide bonds. The number of ether oxygens (including phenoxy) is 4. The molecule has 0 aliphatic carbocycles. The molecule has 9 heteroatoms. The van der Waals surface area contributed by atoms with E-state index in [2.05, 4.69) is 60.7 Å². The molecule has 0 unspecified atom stereocenters. The minimum absolute atomic E-state index is 0.00463. The van der Waals surface area contributed by atoms with E-state index in [-0.39, 0.29) is 60.2 Å². The quantitative estimate of drug-likeness (QED) is 0.117. The van der Waals surface area contributed by atoms with Gasteiger partial charge in [0.1, 0.15) is 6.10 Å². The molecule has 2 rings (SSSR count). The van der Waals surface area contributed by atoms with E-state index < -0.39 is 14.3 Å². The Bertz CT molecular complexity index is 867. The summed E-state index contributed by atoms with van der Waals surface area (Å²) in [6, 6.07) is 0. The lowest BCUT2D eigenvalue weighted by molar-refractivity contribution is -0.151. The van der Waals surface area contributed by atoms with Crippen molar-refractivity contribution < 1.29 is 38.1 Å². The maximum atomic E-state index is 11.7. The fraction of sp³-hybridized carbons (Fsp3) is 0.879. The van der Waals surface area contributed by atoms with Crippen LogP contribution in [0, 0.1) is 11.8 Å². The number of aliphatic carboxylic acids is 1. The number of carbonyl (C=O) groups is 2. The SMILES string of the molecule is CO[C@@H](C[C@H]1C[C@@H](O[Si](C)(C)C(C)(C)C)C[C@H](CC(=O)O)O1)C[C@H]1O[C@H](C[C@H](/C=C/CC(C)C)OC(C)=O)CC[C@@H]1C. The molecular formula is C33H60O8Si. The average Bonchev–Trinajstić information content (AvgIpc) is 2.83. The first-order chi connectivity index (χ1) is 19.5. The van der Waals surface area contributed by atoms with Gasteiger partial charge in [-0.15, -0.1) is 0 Å². The van der Waals surface area contributed by atoms with Crippen LogP contribution in [0.3, 0.4) is 0 Å². The number of hydrogen-bond acceptors (Lipinski definition) is 7. The highest BCUT2D eigenvalue weighted by Gasteiger charge is 2.42. The molecule has 0 aromatic heterocycles. The van der Waals surface area contributed by atoms with Crippen LogP contribution in [0.15, 0.2) is 12.2 Å². The first kappa shape index (κ1) is 36.9. The fourth-order valence-electron chi connectivity index (χ4n) is 5.76. The molecule has 0 saturated carbocycles. The van der Waals surface area contributed by atoms with Gasteiger partial charge in [0, 0.05) is 33.0 Å². The Labute approximate surface area is 256 Å². The molecule has 8 nitrogen and oxygen atoms in total. The van der Waals surface area contributed by atoms with Gasteiger partial charge in [-0.05, 0) is 74.6 Å². The molecule has 8 atom stereocenters. The zero-order chi connectivity index (χ0) is 31.7. The van der Waals surface area contributed by atoms with Gasteiger partial charge in [-0.3, -0.25) is 9.59 Å². The van der Waals surface area contributed by atoms with Gasteiger partial charge >= 0.3 is 11.9 Å². The number of allylic oxidation sites excluding steroid dienone is 1. The van der Waals surface area contributed by atoms with Gasteiger partial charge in [0.05, 0.1) is 36.9 Å². The van der Waals surface area contributed by atoms with E-state index in [1.165, 1.54) is 6.92 Å². The summed E-state index contributed by atoms with van der Waals surface area (Å²) in [5.41, 5.74) is 0. The predicted octanol–water partition coefficient (Wildman–Crippen LogP) is 7.30. The van der Waals surface area contributed by atoms with Crippen molar-refractivity contribution in [3.63, 3.8) is 0 Å². The van der Waals surface area contributed by atoms with Crippen molar-refractivity contribution in [1.29, 1.82) is 0 Å². The Morgan fingerprint density at radius 1 is 1.02 bits per heavy atom. The Kier molecular flexibility index (Phi) is 14.7. The van der Waals surface area contributed by atoms with Gasteiger partial charge in [-0.1, -0.05) is 47.6 Å². The van der Waals surface area contributed by atoms with Crippen LogP contribution >= 0.6 is 0 Å². The summed E-state index contributed by atoms with van der Waals surface area (Å²) >= 11 is 0. The van der Waals surface area contributed by atoms with Crippen molar-refractivity contribution >= 4 is 20.3 Å². The standard InChI is InChI=1S/C33H60O8Si/c1-22(2)12-11-13-25(38-24(4)34)16-26-15-14-23(3)31(40-26)20-27(37-8)17-28-18-30(19-29(39-28)21-32(35)36)41-42(9,10)33(5,6)7/h11,13,22-23,25-31H,12,14-21H2,1-10H3,(H,35,36)/b13-11+/t23-,25-,26-,27-,28-,29+,30+,31+/m0/s1. The molecule has 0 radical (unpaired) electrons. The molecule has 0 aromatic rings. The Balaban J connectivity index is 2.06. The first-order valence-corrected chi connectivity index (χ1v) is 19.0. The van der Waals surface area contributed by atoms with Gasteiger partial charge in [-0.2, -0.15) is 0 Å². The van der Waals surface area contributed by atoms with Crippen LogP contribution in [0.4, 0.5) is 0 Å². The van der Waals surface area contributed by atoms with Crippen molar-refractivity contribution in [3.05, 3.63) is 12.2 Å². The molecule has 244 valence electrons. The molecule has 2 heterocycles. The van der Waals surface area contributed by atoms with E-state index in [4.69, 9.17) is 23.4 Å². The first-order valence-electron chi connectivity index (χ1n) is 16.1. The van der Waals surface area contributed by atoms with E-state index in [1.54, 1.807) is 7.11 Å². The maximum absolute atomic E-state index is 11.7. The summed E-state index contributed by atoms with van der Waals surface area (Å²) in [4.78, 5) is 23.3. The average molecular weight is 613 g/mol. The molecule has 42 heavy (non-hydrogen) atoms. The highest BCUT2D eigenvalue weighted by molar-refractivity contribution is 6.74. The molecule has 0 spiro atoms. The lowest BCUT2D eigenvalue weighted by Gasteiger charge is -2.44. The van der Waals surface area contributed by atoms with E-state index in [0.29, 0.717) is 31.1 Å². The minimum atomic E-state index is -2.02. The van der Waals surface area contributed by atoms with E-state index in [0.717, 1.165) is 32.1 Å². The third-order valence-electron chi connectivity index (χ3n) is 9.18. The van der Waals surface area contributed by atoms with E-state index in [1.807, 2.05) is 6.08 Å². The number of rotatable bonds is 15. The zero-order valence-electron chi connectivity index (χ0n) is 28.0. The number of carboxylic acid groups (broad SMARTS) is 1. The normalized spacial score (nSPS) is 29.0. The van der Waals surface area contributed by atoms with E-state index in [9.17, 15) is 14.7 Å².